The zero-order chi connectivity index (χ0) is 11.7. The first-order chi connectivity index (χ1) is 7.65. The van der Waals surface area contributed by atoms with Gasteiger partial charge in [0, 0.05) is 7.05 Å². The van der Waals surface area contributed by atoms with Crippen LogP contribution in [0, 0.1) is 11.6 Å². The summed E-state index contributed by atoms with van der Waals surface area (Å²) in [6.07, 6.45) is 0. The van der Waals surface area contributed by atoms with Gasteiger partial charge >= 0.3 is 0 Å². The number of benzene rings is 1. The van der Waals surface area contributed by atoms with E-state index in [2.05, 4.69) is 10.2 Å². The molecule has 4 nitrogen and oxygen atoms in total. The molecule has 0 saturated heterocycles. The quantitative estimate of drug-likeness (QED) is 0.836. The van der Waals surface area contributed by atoms with E-state index in [9.17, 15) is 8.78 Å². The van der Waals surface area contributed by atoms with E-state index in [-0.39, 0.29) is 18.0 Å². The lowest BCUT2D eigenvalue weighted by Gasteiger charge is -2.03. The van der Waals surface area contributed by atoms with Crippen LogP contribution in [0.1, 0.15) is 5.82 Å². The number of aliphatic hydroxyl groups is 1. The van der Waals surface area contributed by atoms with E-state index >= 15 is 0 Å². The highest BCUT2D eigenvalue weighted by atomic mass is 19.2. The predicted octanol–water partition coefficient (Wildman–Crippen LogP) is 1.25. The smallest absolute Gasteiger partial charge is 0.169 e. The summed E-state index contributed by atoms with van der Waals surface area (Å²) in [6.45, 7) is -0.305. The maximum Gasteiger partial charge on any atom is 0.169 e. The average molecular weight is 225 g/mol. The molecule has 0 spiro atoms. The Morgan fingerprint density at radius 3 is 2.69 bits per heavy atom. The second-order valence-electron chi connectivity index (χ2n) is 3.26. The highest BCUT2D eigenvalue weighted by Crippen LogP contribution is 2.22. The fourth-order valence-corrected chi connectivity index (χ4v) is 1.41. The van der Waals surface area contributed by atoms with Crippen molar-refractivity contribution >= 4 is 0 Å². The standard InChI is InChI=1S/C10H9F2N3O/c1-15-8(5-16)13-14-10(15)6-3-2-4-7(11)9(6)12/h2-4,16H,5H2,1H3. The highest BCUT2D eigenvalue weighted by molar-refractivity contribution is 5.56. The van der Waals surface area contributed by atoms with Gasteiger partial charge in [-0.2, -0.15) is 0 Å². The van der Waals surface area contributed by atoms with Gasteiger partial charge in [-0.05, 0) is 12.1 Å². The van der Waals surface area contributed by atoms with E-state index in [1.165, 1.54) is 16.7 Å². The minimum atomic E-state index is -0.970. The summed E-state index contributed by atoms with van der Waals surface area (Å²) < 4.78 is 27.9. The van der Waals surface area contributed by atoms with E-state index in [1.807, 2.05) is 0 Å². The third-order valence-corrected chi connectivity index (χ3v) is 2.30. The molecule has 0 aliphatic heterocycles. The molecule has 16 heavy (non-hydrogen) atoms. The molecule has 0 saturated carbocycles. The van der Waals surface area contributed by atoms with Gasteiger partial charge in [-0.1, -0.05) is 6.07 Å². The fraction of sp³-hybridized carbons (Fsp3) is 0.200. The zero-order valence-electron chi connectivity index (χ0n) is 8.48. The van der Waals surface area contributed by atoms with Crippen LogP contribution in [0.15, 0.2) is 18.2 Å². The average Bonchev–Trinajstić information content (AvgIpc) is 2.64. The fourth-order valence-electron chi connectivity index (χ4n) is 1.41. The van der Waals surface area contributed by atoms with Gasteiger partial charge in [0.2, 0.25) is 0 Å². The Morgan fingerprint density at radius 2 is 2.06 bits per heavy atom. The van der Waals surface area contributed by atoms with Crippen LogP contribution in [0.5, 0.6) is 0 Å². The van der Waals surface area contributed by atoms with Crippen molar-refractivity contribution in [3.63, 3.8) is 0 Å². The number of aliphatic hydroxyl groups excluding tert-OH is 1. The summed E-state index contributed by atoms with van der Waals surface area (Å²) in [7, 11) is 1.57. The molecule has 2 aromatic rings. The molecule has 0 aliphatic rings. The Morgan fingerprint density at radius 1 is 1.31 bits per heavy atom. The zero-order valence-corrected chi connectivity index (χ0v) is 8.48. The first-order valence-corrected chi connectivity index (χ1v) is 4.58. The Kier molecular flexibility index (Phi) is 2.66. The van der Waals surface area contributed by atoms with E-state index in [4.69, 9.17) is 5.11 Å². The first-order valence-electron chi connectivity index (χ1n) is 4.58. The van der Waals surface area contributed by atoms with Crippen molar-refractivity contribution in [2.75, 3.05) is 0 Å². The van der Waals surface area contributed by atoms with Crippen molar-refractivity contribution < 1.29 is 13.9 Å². The molecule has 0 unspecified atom stereocenters. The summed E-state index contributed by atoms with van der Waals surface area (Å²) in [6, 6.07) is 3.83. The van der Waals surface area contributed by atoms with Gasteiger partial charge in [-0.15, -0.1) is 10.2 Å². The summed E-state index contributed by atoms with van der Waals surface area (Å²) in [5, 5.41) is 16.3. The Hall–Kier alpha value is -1.82. The van der Waals surface area contributed by atoms with Gasteiger partial charge in [-0.3, -0.25) is 0 Å². The lowest BCUT2D eigenvalue weighted by molar-refractivity contribution is 0.267. The third-order valence-electron chi connectivity index (χ3n) is 2.30. The van der Waals surface area contributed by atoms with Crippen LogP contribution in [0.3, 0.4) is 0 Å². The molecule has 84 valence electrons. The number of hydrogen-bond acceptors (Lipinski definition) is 3. The van der Waals surface area contributed by atoms with Crippen molar-refractivity contribution in [2.45, 2.75) is 6.61 Å². The lowest BCUT2D eigenvalue weighted by atomic mass is 10.2. The Balaban J connectivity index is 2.59. The molecular weight excluding hydrogens is 216 g/mol. The van der Waals surface area contributed by atoms with Gasteiger partial charge < -0.3 is 9.67 Å². The van der Waals surface area contributed by atoms with Crippen LogP contribution in [-0.4, -0.2) is 19.9 Å². The molecule has 6 heteroatoms. The minimum absolute atomic E-state index is 0.0229. The SMILES string of the molecule is Cn1c(CO)nnc1-c1cccc(F)c1F. The molecule has 0 atom stereocenters. The highest BCUT2D eigenvalue weighted by Gasteiger charge is 2.16. The maximum absolute atomic E-state index is 13.5. The normalized spacial score (nSPS) is 10.8. The molecule has 0 amide bonds. The van der Waals surface area contributed by atoms with Crippen molar-refractivity contribution in [1.82, 2.24) is 14.8 Å². The molecule has 1 aromatic carbocycles. The van der Waals surface area contributed by atoms with Crippen LogP contribution in [0.4, 0.5) is 8.78 Å². The summed E-state index contributed by atoms with van der Waals surface area (Å²) in [5.41, 5.74) is 0.0229. The number of halogens is 2. The molecule has 1 N–H and O–H groups in total. The predicted molar refractivity (Wildman–Crippen MR) is 52.3 cm³/mol. The van der Waals surface area contributed by atoms with E-state index in [0.29, 0.717) is 5.82 Å². The second kappa shape index (κ2) is 3.97. The largest absolute Gasteiger partial charge is 0.388 e. The maximum atomic E-state index is 13.5. The van der Waals surface area contributed by atoms with Gasteiger partial charge in [0.05, 0.1) is 5.56 Å². The van der Waals surface area contributed by atoms with Gasteiger partial charge in [-0.25, -0.2) is 8.78 Å². The van der Waals surface area contributed by atoms with Crippen LogP contribution in [0.25, 0.3) is 11.4 Å². The Labute approximate surface area is 90.2 Å². The molecule has 0 fully saturated rings. The Bertz CT molecular complexity index is 525. The molecule has 1 heterocycles. The molecule has 0 radical (unpaired) electrons. The van der Waals surface area contributed by atoms with E-state index in [0.717, 1.165) is 6.07 Å². The van der Waals surface area contributed by atoms with E-state index in [1.54, 1.807) is 7.05 Å². The molecule has 0 aliphatic carbocycles. The number of rotatable bonds is 2. The third kappa shape index (κ3) is 1.57. The van der Waals surface area contributed by atoms with Crippen LogP contribution < -0.4 is 0 Å². The molecular formula is C10H9F2N3O. The summed E-state index contributed by atoms with van der Waals surface area (Å²) in [4.78, 5) is 0. The lowest BCUT2D eigenvalue weighted by Crippen LogP contribution is -2.01. The topological polar surface area (TPSA) is 50.9 Å². The van der Waals surface area contributed by atoms with Gasteiger partial charge in [0.15, 0.2) is 23.3 Å². The van der Waals surface area contributed by atoms with Crippen molar-refractivity contribution in [3.8, 4) is 11.4 Å². The summed E-state index contributed by atoms with van der Waals surface area (Å²) >= 11 is 0. The number of nitrogens with zero attached hydrogens (tertiary/aromatic N) is 3. The van der Waals surface area contributed by atoms with Crippen LogP contribution in [-0.2, 0) is 13.7 Å². The van der Waals surface area contributed by atoms with Crippen LogP contribution >= 0.6 is 0 Å². The molecule has 1 aromatic heterocycles. The molecule has 2 rings (SSSR count). The monoisotopic (exact) mass is 225 g/mol. The molecule has 0 bridgehead atoms. The number of hydrogen-bond donors (Lipinski definition) is 1. The van der Waals surface area contributed by atoms with Gasteiger partial charge in [0.25, 0.3) is 0 Å². The van der Waals surface area contributed by atoms with E-state index < -0.39 is 11.6 Å². The second-order valence-corrected chi connectivity index (χ2v) is 3.26. The van der Waals surface area contributed by atoms with Crippen molar-refractivity contribution in [2.24, 2.45) is 7.05 Å². The minimum Gasteiger partial charge on any atom is -0.388 e. The number of aromatic nitrogens is 3. The van der Waals surface area contributed by atoms with Crippen molar-refractivity contribution in [3.05, 3.63) is 35.7 Å². The van der Waals surface area contributed by atoms with Crippen molar-refractivity contribution in [1.29, 1.82) is 0 Å². The van der Waals surface area contributed by atoms with Crippen LogP contribution in [0.2, 0.25) is 0 Å². The van der Waals surface area contributed by atoms with Gasteiger partial charge in [0.1, 0.15) is 6.61 Å². The summed E-state index contributed by atoms with van der Waals surface area (Å²) in [5.74, 6) is -1.44. The first kappa shape index (κ1) is 10.7.